The number of fused-ring (bicyclic) bond motifs is 2. The van der Waals surface area contributed by atoms with Gasteiger partial charge in [-0.25, -0.2) is 9.97 Å². The molecule has 0 fully saturated rings. The van der Waals surface area contributed by atoms with E-state index >= 15 is 0 Å². The fourth-order valence-corrected chi connectivity index (χ4v) is 4.10. The number of hydrogen-bond donors (Lipinski definition) is 3. The molecule has 2 aromatic carbocycles. The summed E-state index contributed by atoms with van der Waals surface area (Å²) in [7, 11) is 0. The van der Waals surface area contributed by atoms with Crippen molar-refractivity contribution in [1.82, 2.24) is 35.3 Å². The second kappa shape index (κ2) is 8.87. The van der Waals surface area contributed by atoms with Crippen molar-refractivity contribution in [3.8, 4) is 11.4 Å². The highest BCUT2D eigenvalue weighted by Gasteiger charge is 2.29. The number of amides is 2. The Morgan fingerprint density at radius 2 is 1.94 bits per heavy atom. The van der Waals surface area contributed by atoms with Crippen LogP contribution in [0, 0.1) is 0 Å². The number of benzene rings is 2. The number of hydrogen-bond acceptors (Lipinski definition) is 8. The summed E-state index contributed by atoms with van der Waals surface area (Å²) in [4.78, 5) is 36.0. The number of carbonyl (C=O) groups is 2. The molecule has 5 aromatic rings. The summed E-state index contributed by atoms with van der Waals surface area (Å²) in [6.07, 6.45) is 6.36. The van der Waals surface area contributed by atoms with E-state index in [0.717, 1.165) is 22.2 Å². The molecule has 176 valence electrons. The van der Waals surface area contributed by atoms with Gasteiger partial charge in [0.25, 0.3) is 5.91 Å². The highest BCUT2D eigenvalue weighted by atomic mass is 16.2. The summed E-state index contributed by atoms with van der Waals surface area (Å²) in [5, 5.41) is 21.4. The van der Waals surface area contributed by atoms with Crippen LogP contribution < -0.4 is 10.6 Å². The number of rotatable bonds is 6. The molecular formula is C25H19N9O2. The summed E-state index contributed by atoms with van der Waals surface area (Å²) < 4.78 is 0. The van der Waals surface area contributed by atoms with Gasteiger partial charge in [-0.15, -0.1) is 0 Å². The maximum atomic E-state index is 13.0. The van der Waals surface area contributed by atoms with E-state index in [1.54, 1.807) is 30.6 Å². The highest BCUT2D eigenvalue weighted by molar-refractivity contribution is 6.02. The topological polar surface area (TPSA) is 142 Å². The Hall–Kier alpha value is -5.19. The van der Waals surface area contributed by atoms with Crippen LogP contribution in [0.5, 0.6) is 0 Å². The van der Waals surface area contributed by atoms with E-state index in [4.69, 9.17) is 0 Å². The molecule has 0 saturated heterocycles. The molecule has 36 heavy (non-hydrogen) atoms. The van der Waals surface area contributed by atoms with E-state index < -0.39 is 0 Å². The Kier molecular flexibility index (Phi) is 5.26. The quantitative estimate of drug-likeness (QED) is 0.339. The first-order chi connectivity index (χ1) is 17.6. The third-order valence-electron chi connectivity index (χ3n) is 5.82. The van der Waals surface area contributed by atoms with Gasteiger partial charge in [-0.1, -0.05) is 12.1 Å². The minimum atomic E-state index is -0.305. The second-order valence-electron chi connectivity index (χ2n) is 8.27. The Balaban J connectivity index is 1.18. The lowest BCUT2D eigenvalue weighted by Crippen LogP contribution is -2.33. The van der Waals surface area contributed by atoms with Crippen LogP contribution in [0.1, 0.15) is 15.9 Å². The highest BCUT2D eigenvalue weighted by Crippen LogP contribution is 2.28. The zero-order valence-electron chi connectivity index (χ0n) is 18.8. The van der Waals surface area contributed by atoms with Crippen molar-refractivity contribution in [3.63, 3.8) is 0 Å². The van der Waals surface area contributed by atoms with Crippen LogP contribution in [0.25, 0.3) is 22.3 Å². The third kappa shape index (κ3) is 4.20. The van der Waals surface area contributed by atoms with Crippen LogP contribution in [-0.2, 0) is 11.3 Å². The van der Waals surface area contributed by atoms with Gasteiger partial charge in [0.1, 0.15) is 12.4 Å². The zero-order chi connectivity index (χ0) is 24.5. The van der Waals surface area contributed by atoms with Crippen molar-refractivity contribution >= 4 is 39.9 Å². The first-order valence-electron chi connectivity index (χ1n) is 11.1. The molecular weight excluding hydrogens is 458 g/mol. The summed E-state index contributed by atoms with van der Waals surface area (Å²) in [6.45, 7) is 0.289. The van der Waals surface area contributed by atoms with Crippen molar-refractivity contribution in [2.75, 3.05) is 17.2 Å². The number of carbonyl (C=O) groups excluding carboxylic acids is 2. The van der Waals surface area contributed by atoms with Crippen LogP contribution >= 0.6 is 0 Å². The second-order valence-corrected chi connectivity index (χ2v) is 8.27. The van der Waals surface area contributed by atoms with E-state index in [1.807, 2.05) is 30.3 Å². The monoisotopic (exact) mass is 477 g/mol. The van der Waals surface area contributed by atoms with Crippen LogP contribution in [0.15, 0.2) is 73.3 Å². The largest absolute Gasteiger partial charge is 0.340 e. The van der Waals surface area contributed by atoms with E-state index in [0.29, 0.717) is 35.0 Å². The minimum absolute atomic E-state index is 0.0674. The molecule has 3 N–H and O–H groups in total. The minimum Gasteiger partial charge on any atom is -0.340 e. The normalized spacial score (nSPS) is 12.6. The molecule has 0 atom stereocenters. The Morgan fingerprint density at radius 3 is 2.83 bits per heavy atom. The van der Waals surface area contributed by atoms with Gasteiger partial charge >= 0.3 is 0 Å². The molecule has 1 aliphatic heterocycles. The van der Waals surface area contributed by atoms with Crippen molar-refractivity contribution in [3.05, 3.63) is 84.4 Å². The fourth-order valence-electron chi connectivity index (χ4n) is 4.10. The summed E-state index contributed by atoms with van der Waals surface area (Å²) >= 11 is 0. The average molecular weight is 477 g/mol. The lowest BCUT2D eigenvalue weighted by molar-refractivity contribution is -0.116. The van der Waals surface area contributed by atoms with Gasteiger partial charge in [0.05, 0.1) is 29.8 Å². The molecule has 6 rings (SSSR count). The molecule has 0 aliphatic carbocycles. The first kappa shape index (κ1) is 21.4. The molecule has 4 heterocycles. The van der Waals surface area contributed by atoms with Gasteiger partial charge < -0.3 is 15.5 Å². The van der Waals surface area contributed by atoms with E-state index in [9.17, 15) is 9.59 Å². The van der Waals surface area contributed by atoms with Crippen molar-refractivity contribution in [2.45, 2.75) is 6.54 Å². The molecule has 0 saturated carbocycles. The summed E-state index contributed by atoms with van der Waals surface area (Å²) in [5.74, 6) is 0.595. The molecule has 11 nitrogen and oxygen atoms in total. The number of aromatic amines is 1. The Morgan fingerprint density at radius 1 is 1.00 bits per heavy atom. The van der Waals surface area contributed by atoms with Crippen LogP contribution in [0.2, 0.25) is 0 Å². The molecule has 0 bridgehead atoms. The van der Waals surface area contributed by atoms with Gasteiger partial charge in [-0.2, -0.15) is 15.3 Å². The van der Waals surface area contributed by atoms with E-state index in [2.05, 4.69) is 41.0 Å². The van der Waals surface area contributed by atoms with Crippen LogP contribution in [0.4, 0.5) is 17.2 Å². The Bertz CT molecular complexity index is 1600. The first-order valence-corrected chi connectivity index (χ1v) is 11.1. The van der Waals surface area contributed by atoms with Gasteiger partial charge in [0.15, 0.2) is 5.82 Å². The smallest absolute Gasteiger partial charge is 0.254 e. The van der Waals surface area contributed by atoms with Crippen LogP contribution in [-0.4, -0.2) is 53.6 Å². The van der Waals surface area contributed by atoms with Gasteiger partial charge in [0.2, 0.25) is 5.91 Å². The Labute approximate surface area is 204 Å². The molecule has 2 amide bonds. The lowest BCUT2D eigenvalue weighted by atomic mass is 10.1. The van der Waals surface area contributed by atoms with Crippen LogP contribution in [0.3, 0.4) is 0 Å². The van der Waals surface area contributed by atoms with Crippen molar-refractivity contribution < 1.29 is 9.59 Å². The number of nitrogens with one attached hydrogen (secondary N) is 3. The van der Waals surface area contributed by atoms with Gasteiger partial charge in [0, 0.05) is 34.9 Å². The molecule has 0 unspecified atom stereocenters. The number of H-pyrrole nitrogens is 1. The van der Waals surface area contributed by atoms with E-state index in [1.165, 1.54) is 17.3 Å². The maximum absolute atomic E-state index is 13.0. The van der Waals surface area contributed by atoms with Crippen molar-refractivity contribution in [1.29, 1.82) is 0 Å². The molecule has 3 aromatic heterocycles. The SMILES string of the molecule is O=C(CN1Cc2ccc(-c3nccc(Nc4ccc5[nH]ncc5c4)n3)cc2C1=O)Nc1ccnnc1. The van der Waals surface area contributed by atoms with Gasteiger partial charge in [-0.05, 0) is 42.0 Å². The standard InChI is InChI=1S/C25H19N9O2/c35-23(31-19-5-8-27-28-12-19)14-34-13-16-2-1-15(10-20(16)25(34)36)24-26-7-6-22(32-24)30-18-3-4-21-17(9-18)11-29-33-21/h1-12H,13-14H2,(H,29,33)(H,26,30,32)(H,27,31,35). The summed E-state index contributed by atoms with van der Waals surface area (Å²) in [5.41, 5.74) is 4.45. The summed E-state index contributed by atoms with van der Waals surface area (Å²) in [6, 6.07) is 14.8. The zero-order valence-corrected chi connectivity index (χ0v) is 18.8. The van der Waals surface area contributed by atoms with Crippen molar-refractivity contribution in [2.24, 2.45) is 0 Å². The fraction of sp³-hybridized carbons (Fsp3) is 0.0800. The molecule has 0 spiro atoms. The molecule has 0 radical (unpaired) electrons. The number of anilines is 3. The number of aromatic nitrogens is 6. The predicted molar refractivity (Wildman–Crippen MR) is 132 cm³/mol. The molecule has 1 aliphatic rings. The molecule has 11 heteroatoms. The third-order valence-corrected chi connectivity index (χ3v) is 5.82. The van der Waals surface area contributed by atoms with E-state index in [-0.39, 0.29) is 18.4 Å². The van der Waals surface area contributed by atoms with Gasteiger partial charge in [-0.3, -0.25) is 14.7 Å². The number of nitrogens with zero attached hydrogens (tertiary/aromatic N) is 6. The maximum Gasteiger partial charge on any atom is 0.254 e. The predicted octanol–water partition coefficient (Wildman–Crippen LogP) is 3.15. The average Bonchev–Trinajstić information content (AvgIpc) is 3.48. The lowest BCUT2D eigenvalue weighted by Gasteiger charge is -2.14.